The van der Waals surface area contributed by atoms with Crippen molar-refractivity contribution in [3.63, 3.8) is 0 Å². The lowest BCUT2D eigenvalue weighted by atomic mass is 10.1. The van der Waals surface area contributed by atoms with Crippen molar-refractivity contribution in [3.8, 4) is 22.6 Å². The van der Waals surface area contributed by atoms with Gasteiger partial charge in [0.05, 0.1) is 23.1 Å². The van der Waals surface area contributed by atoms with Crippen LogP contribution in [0.5, 0.6) is 0 Å². The molecule has 6 aromatic rings. The number of nitrogens with one attached hydrogen (secondary N) is 1. The summed E-state index contributed by atoms with van der Waals surface area (Å²) in [4.78, 5) is 34.5. The maximum atomic E-state index is 14.0. The van der Waals surface area contributed by atoms with Gasteiger partial charge >= 0.3 is 5.69 Å². The molecule has 0 atom stereocenters. The lowest BCUT2D eigenvalue weighted by Crippen LogP contribution is -2.37. The fourth-order valence-electron chi connectivity index (χ4n) is 4.11. The van der Waals surface area contributed by atoms with Crippen LogP contribution in [-0.4, -0.2) is 29.5 Å². The lowest BCUT2D eigenvalue weighted by molar-refractivity contribution is 0.779. The molecule has 164 valence electrons. The van der Waals surface area contributed by atoms with Gasteiger partial charge in [-0.1, -0.05) is 65.3 Å². The topological polar surface area (TPSA) is 98.5 Å². The van der Waals surface area contributed by atoms with Crippen molar-refractivity contribution in [2.24, 2.45) is 0 Å². The molecule has 0 aliphatic carbocycles. The van der Waals surface area contributed by atoms with Gasteiger partial charge in [0.1, 0.15) is 5.52 Å². The maximum absolute atomic E-state index is 14.0. The van der Waals surface area contributed by atoms with Crippen LogP contribution in [0.25, 0.3) is 44.4 Å². The molecule has 3 heterocycles. The van der Waals surface area contributed by atoms with E-state index in [1.807, 2.05) is 42.5 Å². The van der Waals surface area contributed by atoms with Crippen LogP contribution in [-0.2, 0) is 0 Å². The van der Waals surface area contributed by atoms with Crippen molar-refractivity contribution in [1.29, 1.82) is 0 Å². The molecule has 0 unspecified atom stereocenters. The molecule has 0 spiro atoms. The molecule has 0 saturated heterocycles. The monoisotopic (exact) mass is 466 g/mol. The first-order chi connectivity index (χ1) is 16.6. The van der Waals surface area contributed by atoms with Crippen molar-refractivity contribution >= 4 is 33.4 Å². The Balaban J connectivity index is 1.75. The van der Waals surface area contributed by atoms with Gasteiger partial charge in [0, 0.05) is 27.6 Å². The van der Waals surface area contributed by atoms with E-state index in [0.29, 0.717) is 27.3 Å². The van der Waals surface area contributed by atoms with Gasteiger partial charge < -0.3 is 4.98 Å². The highest BCUT2D eigenvalue weighted by Gasteiger charge is 2.22. The molecular weight excluding hydrogens is 452 g/mol. The van der Waals surface area contributed by atoms with E-state index in [9.17, 15) is 9.59 Å². The predicted molar refractivity (Wildman–Crippen MR) is 131 cm³/mol. The summed E-state index contributed by atoms with van der Waals surface area (Å²) in [6.45, 7) is 0. The molecule has 0 saturated carbocycles. The van der Waals surface area contributed by atoms with Gasteiger partial charge in [0.2, 0.25) is 0 Å². The Hall–Kier alpha value is -4.56. The second-order valence-corrected chi connectivity index (χ2v) is 8.11. The molecule has 9 heteroatoms. The minimum Gasteiger partial charge on any atom is -0.304 e. The number of hydrogen-bond donors (Lipinski definition) is 1. The summed E-state index contributed by atoms with van der Waals surface area (Å²) < 4.78 is 2.52. The van der Waals surface area contributed by atoms with E-state index >= 15 is 0 Å². The molecule has 34 heavy (non-hydrogen) atoms. The number of para-hydroxylation sites is 1. The van der Waals surface area contributed by atoms with Gasteiger partial charge in [0.25, 0.3) is 5.56 Å². The van der Waals surface area contributed by atoms with Crippen molar-refractivity contribution < 1.29 is 0 Å². The van der Waals surface area contributed by atoms with Crippen LogP contribution in [0.3, 0.4) is 0 Å². The Kier molecular flexibility index (Phi) is 4.60. The highest BCUT2D eigenvalue weighted by molar-refractivity contribution is 6.30. The van der Waals surface area contributed by atoms with Crippen molar-refractivity contribution in [2.45, 2.75) is 0 Å². The normalized spacial score (nSPS) is 11.3. The largest absolute Gasteiger partial charge is 0.333 e. The highest BCUT2D eigenvalue weighted by Crippen LogP contribution is 2.26. The second kappa shape index (κ2) is 7.79. The highest BCUT2D eigenvalue weighted by atomic mass is 35.5. The van der Waals surface area contributed by atoms with Crippen LogP contribution >= 0.6 is 11.6 Å². The van der Waals surface area contributed by atoms with E-state index in [2.05, 4.69) is 20.3 Å². The Morgan fingerprint density at radius 2 is 1.71 bits per heavy atom. The molecular formula is C25H15ClN6O2. The number of halogens is 1. The standard InChI is InChI=1S/C25H15ClN6O2/c26-17-8-5-7-15(12-17)22-23(32-20-11-4-3-10-19(20)29-30-32)24(33)31(25(34)28-22)21-14-27-13-16-6-1-2-9-18(16)21/h1-14H,(H,28,34). The number of hydrogen-bond acceptors (Lipinski definition) is 5. The van der Waals surface area contributed by atoms with Crippen LogP contribution in [0.2, 0.25) is 5.02 Å². The van der Waals surface area contributed by atoms with Crippen LogP contribution in [0.1, 0.15) is 0 Å². The fourth-order valence-corrected chi connectivity index (χ4v) is 4.30. The molecule has 3 aromatic heterocycles. The third kappa shape index (κ3) is 3.12. The zero-order chi connectivity index (χ0) is 23.2. The average molecular weight is 467 g/mol. The molecule has 6 rings (SSSR count). The Morgan fingerprint density at radius 1 is 0.882 bits per heavy atom. The number of aromatic nitrogens is 6. The second-order valence-electron chi connectivity index (χ2n) is 7.67. The molecule has 0 aliphatic heterocycles. The summed E-state index contributed by atoms with van der Waals surface area (Å²) >= 11 is 6.22. The molecule has 0 bridgehead atoms. The first-order valence-electron chi connectivity index (χ1n) is 10.4. The molecule has 0 aliphatic rings. The first kappa shape index (κ1) is 20.1. The van der Waals surface area contributed by atoms with E-state index in [4.69, 9.17) is 11.6 Å². The minimum atomic E-state index is -0.605. The van der Waals surface area contributed by atoms with Crippen LogP contribution in [0.4, 0.5) is 0 Å². The lowest BCUT2D eigenvalue weighted by Gasteiger charge is -2.14. The molecule has 0 radical (unpaired) electrons. The fraction of sp³-hybridized carbons (Fsp3) is 0. The number of pyridine rings is 1. The van der Waals surface area contributed by atoms with E-state index < -0.39 is 11.2 Å². The van der Waals surface area contributed by atoms with Crippen LogP contribution in [0, 0.1) is 0 Å². The third-order valence-corrected chi connectivity index (χ3v) is 5.88. The molecule has 3 aromatic carbocycles. The van der Waals surface area contributed by atoms with Gasteiger partial charge in [-0.25, -0.2) is 14.0 Å². The number of nitrogens with zero attached hydrogens (tertiary/aromatic N) is 5. The Morgan fingerprint density at radius 3 is 2.59 bits per heavy atom. The summed E-state index contributed by atoms with van der Waals surface area (Å²) in [5, 5.41) is 10.4. The summed E-state index contributed by atoms with van der Waals surface area (Å²) in [5.74, 6) is 0. The quantitative estimate of drug-likeness (QED) is 0.423. The smallest absolute Gasteiger partial charge is 0.304 e. The number of aromatic amines is 1. The third-order valence-electron chi connectivity index (χ3n) is 5.64. The van der Waals surface area contributed by atoms with Crippen LogP contribution in [0.15, 0.2) is 94.8 Å². The Bertz CT molecular complexity index is 1830. The number of fused-ring (bicyclic) bond motifs is 2. The Labute approximate surface area is 196 Å². The number of benzene rings is 3. The van der Waals surface area contributed by atoms with Crippen LogP contribution < -0.4 is 11.2 Å². The van der Waals surface area contributed by atoms with Crippen molar-refractivity contribution in [2.75, 3.05) is 0 Å². The van der Waals surface area contributed by atoms with E-state index in [1.165, 1.54) is 10.9 Å². The van der Waals surface area contributed by atoms with E-state index in [-0.39, 0.29) is 11.4 Å². The zero-order valence-electron chi connectivity index (χ0n) is 17.5. The molecule has 0 fully saturated rings. The van der Waals surface area contributed by atoms with E-state index in [1.54, 1.807) is 36.5 Å². The van der Waals surface area contributed by atoms with Gasteiger partial charge in [0.15, 0.2) is 5.69 Å². The number of H-pyrrole nitrogens is 1. The summed E-state index contributed by atoms with van der Waals surface area (Å²) in [6, 6.07) is 21.6. The van der Waals surface area contributed by atoms with E-state index in [0.717, 1.165) is 15.3 Å². The molecule has 1 N–H and O–H groups in total. The predicted octanol–water partition coefficient (Wildman–Crippen LogP) is 4.13. The van der Waals surface area contributed by atoms with Crippen molar-refractivity contribution in [1.82, 2.24) is 29.5 Å². The average Bonchev–Trinajstić information content (AvgIpc) is 3.28. The SMILES string of the molecule is O=c1[nH]c(-c2cccc(Cl)c2)c(-n2nnc3ccccc32)c(=O)n1-c1cncc2ccccc12. The van der Waals surface area contributed by atoms with Gasteiger partial charge in [-0.2, -0.15) is 0 Å². The molecule has 8 nitrogen and oxygen atoms in total. The van der Waals surface area contributed by atoms with Gasteiger partial charge in [-0.15, -0.1) is 5.10 Å². The summed E-state index contributed by atoms with van der Waals surface area (Å²) in [5.41, 5.74) is 1.44. The number of rotatable bonds is 3. The van der Waals surface area contributed by atoms with Gasteiger partial charge in [-0.3, -0.25) is 9.78 Å². The first-order valence-corrected chi connectivity index (χ1v) is 10.8. The molecule has 0 amide bonds. The van der Waals surface area contributed by atoms with Gasteiger partial charge in [-0.05, 0) is 24.3 Å². The maximum Gasteiger partial charge on any atom is 0.333 e. The zero-order valence-corrected chi connectivity index (χ0v) is 18.3. The summed E-state index contributed by atoms with van der Waals surface area (Å²) in [6.07, 6.45) is 3.19. The summed E-state index contributed by atoms with van der Waals surface area (Å²) in [7, 11) is 0. The van der Waals surface area contributed by atoms with Crippen molar-refractivity contribution in [3.05, 3.63) is 111 Å². The minimum absolute atomic E-state index is 0.142.